The molecule has 1 aliphatic rings. The first kappa shape index (κ1) is 21.3. The summed E-state index contributed by atoms with van der Waals surface area (Å²) in [5.41, 5.74) is 3.38. The number of rotatable bonds is 5. The zero-order valence-electron chi connectivity index (χ0n) is 18.7. The maximum atomic E-state index is 13.5. The highest BCUT2D eigenvalue weighted by molar-refractivity contribution is 7.21. The SMILES string of the molecule is CN(C)c1ccc(-n2c(=O)ccc3c(Nc4ccccc4)c(C(=O)N4CCCC4)sc32)cc1. The molecule has 33 heavy (non-hydrogen) atoms. The van der Waals surface area contributed by atoms with Gasteiger partial charge in [0, 0.05) is 50.0 Å². The van der Waals surface area contributed by atoms with Crippen molar-refractivity contribution in [2.45, 2.75) is 12.8 Å². The summed E-state index contributed by atoms with van der Waals surface area (Å²) in [6, 6.07) is 21.1. The Morgan fingerprint density at radius 2 is 1.64 bits per heavy atom. The summed E-state index contributed by atoms with van der Waals surface area (Å²) in [6.07, 6.45) is 2.06. The number of fused-ring (bicyclic) bond motifs is 1. The molecule has 2 aromatic heterocycles. The van der Waals surface area contributed by atoms with Crippen LogP contribution in [0.3, 0.4) is 0 Å². The van der Waals surface area contributed by atoms with Crippen LogP contribution in [0.25, 0.3) is 15.9 Å². The second-order valence-corrected chi connectivity index (χ2v) is 9.43. The molecule has 0 atom stereocenters. The van der Waals surface area contributed by atoms with Crippen molar-refractivity contribution in [3.8, 4) is 5.69 Å². The lowest BCUT2D eigenvalue weighted by atomic mass is 10.2. The Balaban J connectivity index is 1.69. The van der Waals surface area contributed by atoms with Crippen LogP contribution in [0.15, 0.2) is 71.5 Å². The van der Waals surface area contributed by atoms with Crippen molar-refractivity contribution in [2.75, 3.05) is 37.4 Å². The van der Waals surface area contributed by atoms with E-state index in [0.29, 0.717) is 4.88 Å². The topological polar surface area (TPSA) is 57.6 Å². The number of para-hydroxylation sites is 1. The molecule has 6 nitrogen and oxygen atoms in total. The largest absolute Gasteiger partial charge is 0.378 e. The average molecular weight is 459 g/mol. The van der Waals surface area contributed by atoms with E-state index in [1.54, 1.807) is 10.6 Å². The number of nitrogens with zero attached hydrogens (tertiary/aromatic N) is 3. The molecular weight excluding hydrogens is 432 g/mol. The molecule has 1 aliphatic heterocycles. The fraction of sp³-hybridized carbons (Fsp3) is 0.231. The van der Waals surface area contributed by atoms with E-state index >= 15 is 0 Å². The minimum atomic E-state index is -0.118. The number of amides is 1. The van der Waals surface area contributed by atoms with Gasteiger partial charge in [-0.25, -0.2) is 0 Å². The Kier molecular flexibility index (Phi) is 5.64. The third-order valence-corrected chi connectivity index (χ3v) is 7.18. The molecule has 5 rings (SSSR count). The first-order chi connectivity index (χ1) is 16.0. The van der Waals surface area contributed by atoms with E-state index in [1.165, 1.54) is 11.3 Å². The quantitative estimate of drug-likeness (QED) is 0.452. The first-order valence-corrected chi connectivity index (χ1v) is 11.9. The number of benzene rings is 2. The maximum Gasteiger partial charge on any atom is 0.266 e. The molecule has 4 aromatic rings. The first-order valence-electron chi connectivity index (χ1n) is 11.1. The third kappa shape index (κ3) is 4.00. The van der Waals surface area contributed by atoms with E-state index in [9.17, 15) is 9.59 Å². The Hall–Kier alpha value is -3.58. The predicted molar refractivity (Wildman–Crippen MR) is 137 cm³/mol. The minimum Gasteiger partial charge on any atom is -0.378 e. The molecule has 1 N–H and O–H groups in total. The second-order valence-electron chi connectivity index (χ2n) is 8.43. The van der Waals surface area contributed by atoms with Gasteiger partial charge in [-0.1, -0.05) is 18.2 Å². The average Bonchev–Trinajstić information content (AvgIpc) is 3.48. The van der Waals surface area contributed by atoms with Crippen LogP contribution in [0.4, 0.5) is 17.1 Å². The summed E-state index contributed by atoms with van der Waals surface area (Å²) < 4.78 is 1.70. The van der Waals surface area contributed by atoms with Gasteiger partial charge in [0.15, 0.2) is 0 Å². The lowest BCUT2D eigenvalue weighted by molar-refractivity contribution is 0.0798. The molecule has 2 aromatic carbocycles. The summed E-state index contributed by atoms with van der Waals surface area (Å²) >= 11 is 1.38. The van der Waals surface area contributed by atoms with Gasteiger partial charge in [-0.15, -0.1) is 11.3 Å². The normalized spacial score (nSPS) is 13.5. The van der Waals surface area contributed by atoms with E-state index in [-0.39, 0.29) is 11.5 Å². The number of nitrogens with one attached hydrogen (secondary N) is 1. The summed E-state index contributed by atoms with van der Waals surface area (Å²) in [5, 5.41) is 4.33. The molecule has 168 valence electrons. The van der Waals surface area contributed by atoms with E-state index < -0.39 is 0 Å². The number of hydrogen-bond donors (Lipinski definition) is 1. The third-order valence-electron chi connectivity index (χ3n) is 6.00. The van der Waals surface area contributed by atoms with Crippen LogP contribution in [0.2, 0.25) is 0 Å². The number of likely N-dealkylation sites (tertiary alicyclic amines) is 1. The molecule has 0 bridgehead atoms. The van der Waals surface area contributed by atoms with Crippen LogP contribution in [-0.2, 0) is 0 Å². The van der Waals surface area contributed by atoms with Gasteiger partial charge in [-0.2, -0.15) is 0 Å². The van der Waals surface area contributed by atoms with Crippen molar-refractivity contribution in [3.63, 3.8) is 0 Å². The Labute approximate surface area is 196 Å². The summed E-state index contributed by atoms with van der Waals surface area (Å²) in [4.78, 5) is 31.8. The highest BCUT2D eigenvalue weighted by Crippen LogP contribution is 2.39. The standard InChI is InChI=1S/C26H26N4O2S/c1-28(2)19-10-12-20(13-11-19)30-22(31)15-14-21-23(27-18-8-4-3-5-9-18)24(33-26(21)30)25(32)29-16-6-7-17-29/h3-5,8-15,27H,6-7,16-17H2,1-2H3. The lowest BCUT2D eigenvalue weighted by Crippen LogP contribution is -2.27. The van der Waals surface area contributed by atoms with Gasteiger partial charge in [0.25, 0.3) is 11.5 Å². The van der Waals surface area contributed by atoms with Gasteiger partial charge in [0.2, 0.25) is 0 Å². The Morgan fingerprint density at radius 3 is 2.30 bits per heavy atom. The van der Waals surface area contributed by atoms with E-state index in [0.717, 1.165) is 58.9 Å². The number of carbonyl (C=O) groups excluding carboxylic acids is 1. The number of thiophene rings is 1. The molecule has 1 saturated heterocycles. The molecule has 0 saturated carbocycles. The number of carbonyl (C=O) groups is 1. The molecular formula is C26H26N4O2S. The van der Waals surface area contributed by atoms with E-state index in [4.69, 9.17) is 0 Å². The van der Waals surface area contributed by atoms with Crippen molar-refractivity contribution < 1.29 is 4.79 Å². The highest BCUT2D eigenvalue weighted by Gasteiger charge is 2.27. The summed E-state index contributed by atoms with van der Waals surface area (Å²) in [7, 11) is 3.97. The monoisotopic (exact) mass is 458 g/mol. The molecule has 0 spiro atoms. The van der Waals surface area contributed by atoms with Gasteiger partial charge in [0.05, 0.1) is 11.4 Å². The van der Waals surface area contributed by atoms with Crippen LogP contribution in [0, 0.1) is 0 Å². The van der Waals surface area contributed by atoms with E-state index in [2.05, 4.69) is 5.32 Å². The van der Waals surface area contributed by atoms with Crippen molar-refractivity contribution in [2.24, 2.45) is 0 Å². The molecule has 0 unspecified atom stereocenters. The fourth-order valence-corrected chi connectivity index (χ4v) is 5.47. The van der Waals surface area contributed by atoms with Gasteiger partial charge in [-0.05, 0) is 55.3 Å². The van der Waals surface area contributed by atoms with Crippen molar-refractivity contribution >= 4 is 44.5 Å². The fourth-order valence-electron chi connectivity index (χ4n) is 4.23. The van der Waals surface area contributed by atoms with Crippen LogP contribution in [0.5, 0.6) is 0 Å². The number of pyridine rings is 1. The summed E-state index contributed by atoms with van der Waals surface area (Å²) in [5.74, 6) is 0.0223. The van der Waals surface area contributed by atoms with Crippen LogP contribution in [-0.4, -0.2) is 42.6 Å². The zero-order chi connectivity index (χ0) is 22.9. The lowest BCUT2D eigenvalue weighted by Gasteiger charge is -2.16. The number of hydrogen-bond acceptors (Lipinski definition) is 5. The van der Waals surface area contributed by atoms with Gasteiger partial charge in [-0.3, -0.25) is 14.2 Å². The Bertz CT molecular complexity index is 1350. The molecule has 1 fully saturated rings. The van der Waals surface area contributed by atoms with Crippen LogP contribution >= 0.6 is 11.3 Å². The number of anilines is 3. The second kappa shape index (κ2) is 8.75. The number of aromatic nitrogens is 1. The molecule has 3 heterocycles. The smallest absolute Gasteiger partial charge is 0.266 e. The van der Waals surface area contributed by atoms with Crippen LogP contribution < -0.4 is 15.8 Å². The van der Waals surface area contributed by atoms with Gasteiger partial charge >= 0.3 is 0 Å². The highest BCUT2D eigenvalue weighted by atomic mass is 32.1. The maximum absolute atomic E-state index is 13.5. The molecule has 0 aliphatic carbocycles. The Morgan fingerprint density at radius 1 is 0.939 bits per heavy atom. The van der Waals surface area contributed by atoms with Gasteiger partial charge < -0.3 is 15.1 Å². The zero-order valence-corrected chi connectivity index (χ0v) is 19.6. The molecule has 7 heteroatoms. The molecule has 1 amide bonds. The predicted octanol–water partition coefficient (Wildman–Crippen LogP) is 5.10. The van der Waals surface area contributed by atoms with Crippen molar-refractivity contribution in [1.82, 2.24) is 9.47 Å². The van der Waals surface area contributed by atoms with Crippen molar-refractivity contribution in [1.29, 1.82) is 0 Å². The molecule has 0 radical (unpaired) electrons. The van der Waals surface area contributed by atoms with Gasteiger partial charge in [0.1, 0.15) is 9.71 Å². The minimum absolute atomic E-state index is 0.0223. The van der Waals surface area contributed by atoms with E-state index in [1.807, 2.05) is 84.6 Å². The van der Waals surface area contributed by atoms with Crippen molar-refractivity contribution in [3.05, 3.63) is 82.0 Å². The summed E-state index contributed by atoms with van der Waals surface area (Å²) in [6.45, 7) is 1.55. The van der Waals surface area contributed by atoms with Crippen LogP contribution in [0.1, 0.15) is 22.5 Å².